The van der Waals surface area contributed by atoms with Gasteiger partial charge in [-0.05, 0) is 37.0 Å². The predicted octanol–water partition coefficient (Wildman–Crippen LogP) is 1.94. The molecule has 2 heterocycles. The number of aliphatic imine (C=N–C) groups is 1. The Hall–Kier alpha value is -2.96. The molecule has 130 valence electrons. The van der Waals surface area contributed by atoms with Gasteiger partial charge in [0.15, 0.2) is 0 Å². The zero-order chi connectivity index (χ0) is 17.6. The Morgan fingerprint density at radius 2 is 2.12 bits per heavy atom. The molecule has 7 heteroatoms. The van der Waals surface area contributed by atoms with E-state index in [2.05, 4.69) is 20.3 Å². The topological polar surface area (TPSA) is 102 Å². The average Bonchev–Trinajstić information content (AvgIpc) is 3.06. The molecule has 0 aliphatic carbocycles. The summed E-state index contributed by atoms with van der Waals surface area (Å²) in [4.78, 5) is 24.8. The lowest BCUT2D eigenvalue weighted by molar-refractivity contribution is 0.102. The largest absolute Gasteiger partial charge is 0.463 e. The Labute approximate surface area is 146 Å². The first-order valence-corrected chi connectivity index (χ1v) is 8.31. The van der Waals surface area contributed by atoms with Gasteiger partial charge in [-0.25, -0.2) is 9.98 Å². The summed E-state index contributed by atoms with van der Waals surface area (Å²) >= 11 is 0. The minimum absolute atomic E-state index is 0.129. The minimum Gasteiger partial charge on any atom is -0.463 e. The van der Waals surface area contributed by atoms with Crippen LogP contribution in [-0.2, 0) is 17.6 Å². The average molecular weight is 339 g/mol. The molecule has 0 saturated carbocycles. The Morgan fingerprint density at radius 3 is 2.80 bits per heavy atom. The first kappa shape index (κ1) is 16.9. The number of hydrogen-bond donors (Lipinski definition) is 2. The second-order valence-corrected chi connectivity index (χ2v) is 5.87. The van der Waals surface area contributed by atoms with Crippen LogP contribution in [0.4, 0.5) is 5.69 Å². The zero-order valence-corrected chi connectivity index (χ0v) is 14.1. The number of amides is 1. The fourth-order valence-corrected chi connectivity index (χ4v) is 2.55. The number of benzene rings is 1. The summed E-state index contributed by atoms with van der Waals surface area (Å²) in [6, 6.07) is 8.15. The van der Waals surface area contributed by atoms with Gasteiger partial charge in [0.05, 0.1) is 17.9 Å². The number of nitrogens with zero attached hydrogens (tertiary/aromatic N) is 3. The lowest BCUT2D eigenvalue weighted by atomic mass is 10.1. The highest BCUT2D eigenvalue weighted by molar-refractivity contribution is 6.02. The van der Waals surface area contributed by atoms with Crippen molar-refractivity contribution in [3.05, 3.63) is 53.6 Å². The first-order chi connectivity index (χ1) is 12.1. The third-order valence-corrected chi connectivity index (χ3v) is 3.99. The highest BCUT2D eigenvalue weighted by Gasteiger charge is 2.16. The van der Waals surface area contributed by atoms with E-state index in [1.165, 1.54) is 11.8 Å². The Bertz CT molecular complexity index is 773. The van der Waals surface area contributed by atoms with Crippen LogP contribution >= 0.6 is 0 Å². The summed E-state index contributed by atoms with van der Waals surface area (Å²) in [7, 11) is 0. The Morgan fingerprint density at radius 1 is 1.32 bits per heavy atom. The molecular formula is C18H21N5O2. The molecule has 3 rings (SSSR count). The second kappa shape index (κ2) is 7.74. The van der Waals surface area contributed by atoms with Crippen LogP contribution < -0.4 is 11.1 Å². The summed E-state index contributed by atoms with van der Waals surface area (Å²) in [6.45, 7) is 2.53. The molecule has 0 spiro atoms. The van der Waals surface area contributed by atoms with Gasteiger partial charge in [-0.1, -0.05) is 19.1 Å². The van der Waals surface area contributed by atoms with Gasteiger partial charge in [-0.15, -0.1) is 0 Å². The number of nitrogens with one attached hydrogen (secondary N) is 1. The number of rotatable bonds is 6. The Kier molecular flexibility index (Phi) is 5.23. The number of ether oxygens (including phenoxy) is 1. The van der Waals surface area contributed by atoms with E-state index in [0.29, 0.717) is 12.3 Å². The van der Waals surface area contributed by atoms with E-state index in [1.807, 2.05) is 31.2 Å². The van der Waals surface area contributed by atoms with Crippen molar-refractivity contribution in [2.24, 2.45) is 10.7 Å². The number of aryl methyl sites for hydroxylation is 2. The smallest absolute Gasteiger partial charge is 0.282 e. The maximum atomic E-state index is 12.2. The third-order valence-electron chi connectivity index (χ3n) is 3.99. The number of hydrogen-bond acceptors (Lipinski definition) is 6. The second-order valence-electron chi connectivity index (χ2n) is 5.87. The molecule has 0 fully saturated rings. The van der Waals surface area contributed by atoms with Gasteiger partial charge >= 0.3 is 0 Å². The van der Waals surface area contributed by atoms with Gasteiger partial charge < -0.3 is 15.8 Å². The number of aromatic nitrogens is 2. The molecule has 1 unspecified atom stereocenters. The molecule has 1 aliphatic rings. The molecule has 2 aromatic rings. The van der Waals surface area contributed by atoms with Crippen LogP contribution in [0.2, 0.25) is 0 Å². The fourth-order valence-electron chi connectivity index (χ4n) is 2.55. The van der Waals surface area contributed by atoms with E-state index in [1.54, 1.807) is 6.20 Å². The van der Waals surface area contributed by atoms with Crippen molar-refractivity contribution in [3.8, 4) is 0 Å². The van der Waals surface area contributed by atoms with Crippen molar-refractivity contribution in [3.63, 3.8) is 0 Å². The van der Waals surface area contributed by atoms with E-state index in [9.17, 15) is 4.79 Å². The van der Waals surface area contributed by atoms with Gasteiger partial charge in [-0.2, -0.15) is 0 Å². The molecular weight excluding hydrogens is 318 g/mol. The Balaban J connectivity index is 1.55. The summed E-state index contributed by atoms with van der Waals surface area (Å²) in [5.74, 6) is -0.261. The van der Waals surface area contributed by atoms with E-state index in [0.717, 1.165) is 30.6 Å². The molecule has 0 saturated heterocycles. The van der Waals surface area contributed by atoms with Crippen LogP contribution in [0, 0.1) is 0 Å². The van der Waals surface area contributed by atoms with Crippen LogP contribution in [0.5, 0.6) is 0 Å². The number of nitrogens with two attached hydrogens (primary N) is 1. The third kappa shape index (κ3) is 4.53. The molecule has 0 bridgehead atoms. The van der Waals surface area contributed by atoms with Crippen LogP contribution in [0.15, 0.2) is 41.7 Å². The highest BCUT2D eigenvalue weighted by Crippen LogP contribution is 2.15. The standard InChI is InChI=1S/C18H21N5O2/c1-2-13-9-20-10-16(21-13)17(24)22-14-6-3-12(4-7-14)5-8-15-11-25-18(19)23-15/h3-4,6-7,9-10,15H,2,5,8,11H2,1H3,(H2,19,23)(H,22,24). The normalized spacial score (nSPS) is 16.2. The molecule has 0 radical (unpaired) electrons. The van der Waals surface area contributed by atoms with Crippen molar-refractivity contribution < 1.29 is 9.53 Å². The molecule has 1 aromatic heterocycles. The fraction of sp³-hybridized carbons (Fsp3) is 0.333. The molecule has 3 N–H and O–H groups in total. The van der Waals surface area contributed by atoms with Crippen LogP contribution in [0.3, 0.4) is 0 Å². The summed E-state index contributed by atoms with van der Waals surface area (Å²) in [5, 5.41) is 2.84. The van der Waals surface area contributed by atoms with Crippen molar-refractivity contribution in [1.82, 2.24) is 9.97 Å². The lowest BCUT2D eigenvalue weighted by Gasteiger charge is -2.08. The van der Waals surface area contributed by atoms with Gasteiger partial charge in [0, 0.05) is 11.9 Å². The van der Waals surface area contributed by atoms with E-state index in [-0.39, 0.29) is 18.0 Å². The highest BCUT2D eigenvalue weighted by atomic mass is 16.5. The monoisotopic (exact) mass is 339 g/mol. The van der Waals surface area contributed by atoms with Gasteiger partial charge in [0.1, 0.15) is 12.3 Å². The summed E-state index contributed by atoms with van der Waals surface area (Å²) < 4.78 is 5.14. The first-order valence-electron chi connectivity index (χ1n) is 8.31. The predicted molar refractivity (Wildman–Crippen MR) is 95.5 cm³/mol. The van der Waals surface area contributed by atoms with E-state index in [4.69, 9.17) is 10.5 Å². The quantitative estimate of drug-likeness (QED) is 0.837. The van der Waals surface area contributed by atoms with Crippen molar-refractivity contribution in [2.75, 3.05) is 11.9 Å². The molecule has 1 aliphatic heterocycles. The van der Waals surface area contributed by atoms with E-state index < -0.39 is 0 Å². The van der Waals surface area contributed by atoms with Crippen molar-refractivity contribution >= 4 is 17.6 Å². The number of carbonyl (C=O) groups is 1. The summed E-state index contributed by atoms with van der Waals surface area (Å²) in [5.41, 5.74) is 8.52. The molecule has 1 amide bonds. The minimum atomic E-state index is -0.261. The van der Waals surface area contributed by atoms with Crippen LogP contribution in [0.1, 0.15) is 35.1 Å². The zero-order valence-electron chi connectivity index (χ0n) is 14.1. The summed E-state index contributed by atoms with van der Waals surface area (Å²) in [6.07, 6.45) is 5.64. The van der Waals surface area contributed by atoms with Crippen molar-refractivity contribution in [2.45, 2.75) is 32.2 Å². The van der Waals surface area contributed by atoms with Crippen LogP contribution in [0.25, 0.3) is 0 Å². The maximum Gasteiger partial charge on any atom is 0.282 e. The number of carbonyl (C=O) groups excluding carboxylic acids is 1. The van der Waals surface area contributed by atoms with Crippen LogP contribution in [-0.4, -0.2) is 34.5 Å². The molecule has 1 atom stereocenters. The molecule has 1 aromatic carbocycles. The van der Waals surface area contributed by atoms with Gasteiger partial charge in [0.25, 0.3) is 11.9 Å². The SMILES string of the molecule is CCc1cncc(C(=O)Nc2ccc(CCC3COC(N)=N3)cc2)n1. The van der Waals surface area contributed by atoms with Gasteiger partial charge in [-0.3, -0.25) is 9.78 Å². The maximum absolute atomic E-state index is 12.2. The lowest BCUT2D eigenvalue weighted by Crippen LogP contribution is -2.15. The van der Waals surface area contributed by atoms with Crippen molar-refractivity contribution in [1.29, 1.82) is 0 Å². The molecule has 25 heavy (non-hydrogen) atoms. The number of amidine groups is 1. The number of anilines is 1. The van der Waals surface area contributed by atoms with Gasteiger partial charge in [0.2, 0.25) is 0 Å². The van der Waals surface area contributed by atoms with E-state index >= 15 is 0 Å². The molecule has 7 nitrogen and oxygen atoms in total.